The second kappa shape index (κ2) is 3.10. The summed E-state index contributed by atoms with van der Waals surface area (Å²) in [4.78, 5) is 2.46. The molecule has 0 bridgehead atoms. The first-order valence-corrected chi connectivity index (χ1v) is 4.44. The van der Waals surface area contributed by atoms with Crippen LogP contribution in [0.4, 0.5) is 0 Å². The molecule has 2 heteroatoms. The van der Waals surface area contributed by atoms with Gasteiger partial charge in [-0.15, -0.1) is 11.6 Å². The van der Waals surface area contributed by atoms with E-state index in [-0.39, 0.29) is 0 Å². The first-order valence-electron chi connectivity index (χ1n) is 4.01. The summed E-state index contributed by atoms with van der Waals surface area (Å²) >= 11 is 6.00. The molecule has 1 aliphatic heterocycles. The number of nitrogens with zero attached hydrogens (tertiary/aromatic N) is 1. The maximum absolute atomic E-state index is 6.00. The fourth-order valence-corrected chi connectivity index (χ4v) is 2.13. The van der Waals surface area contributed by atoms with Crippen molar-refractivity contribution in [2.24, 2.45) is 0 Å². The monoisotopic (exact) mass is 161 g/mol. The number of hydrogen-bond acceptors (Lipinski definition) is 1. The molecule has 0 amide bonds. The van der Waals surface area contributed by atoms with Gasteiger partial charge in [-0.25, -0.2) is 0 Å². The molecule has 1 heterocycles. The Kier molecular flexibility index (Phi) is 2.59. The first-order chi connectivity index (χ1) is 4.61. The van der Waals surface area contributed by atoms with E-state index in [0.717, 1.165) is 13.0 Å². The van der Waals surface area contributed by atoms with Gasteiger partial charge in [-0.05, 0) is 27.2 Å². The third-order valence-corrected chi connectivity index (χ3v) is 2.55. The maximum atomic E-state index is 6.00. The van der Waals surface area contributed by atoms with Crippen LogP contribution in [0.2, 0.25) is 0 Å². The summed E-state index contributed by atoms with van der Waals surface area (Å²) in [5, 5.41) is 0.386. The molecular formula is C8H16ClN. The van der Waals surface area contributed by atoms with E-state index in [4.69, 9.17) is 11.6 Å². The molecule has 0 N–H and O–H groups in total. The summed E-state index contributed by atoms with van der Waals surface area (Å²) in [7, 11) is 0. The van der Waals surface area contributed by atoms with Crippen LogP contribution in [0.1, 0.15) is 27.2 Å². The second-order valence-corrected chi connectivity index (χ2v) is 4.09. The van der Waals surface area contributed by atoms with Gasteiger partial charge in [0.25, 0.3) is 0 Å². The second-order valence-electron chi connectivity index (χ2n) is 3.47. The van der Waals surface area contributed by atoms with Gasteiger partial charge in [0.1, 0.15) is 0 Å². The predicted molar refractivity (Wildman–Crippen MR) is 45.6 cm³/mol. The molecule has 1 fully saturated rings. The fraction of sp³-hybridized carbons (Fsp3) is 1.00. The average molecular weight is 162 g/mol. The van der Waals surface area contributed by atoms with Crippen LogP contribution in [0.25, 0.3) is 0 Å². The number of rotatable bonds is 1. The topological polar surface area (TPSA) is 3.24 Å². The van der Waals surface area contributed by atoms with E-state index < -0.39 is 0 Å². The van der Waals surface area contributed by atoms with E-state index in [2.05, 4.69) is 25.7 Å². The highest BCUT2D eigenvalue weighted by molar-refractivity contribution is 6.21. The summed E-state index contributed by atoms with van der Waals surface area (Å²) in [6, 6.07) is 1.33. The van der Waals surface area contributed by atoms with E-state index in [1.54, 1.807) is 0 Å². The summed E-state index contributed by atoms with van der Waals surface area (Å²) in [5.74, 6) is 0. The summed E-state index contributed by atoms with van der Waals surface area (Å²) in [5.41, 5.74) is 0. The molecule has 60 valence electrons. The Morgan fingerprint density at radius 1 is 1.50 bits per heavy atom. The van der Waals surface area contributed by atoms with Crippen molar-refractivity contribution in [3.8, 4) is 0 Å². The number of hydrogen-bond donors (Lipinski definition) is 0. The Balaban J connectivity index is 2.46. The quantitative estimate of drug-likeness (QED) is 0.533. The van der Waals surface area contributed by atoms with Gasteiger partial charge in [0.15, 0.2) is 0 Å². The lowest BCUT2D eigenvalue weighted by molar-refractivity contribution is 0.216. The third kappa shape index (κ3) is 1.64. The van der Waals surface area contributed by atoms with Crippen molar-refractivity contribution in [1.82, 2.24) is 4.90 Å². The minimum Gasteiger partial charge on any atom is -0.297 e. The molecule has 0 aliphatic carbocycles. The zero-order valence-corrected chi connectivity index (χ0v) is 7.73. The van der Waals surface area contributed by atoms with Crippen molar-refractivity contribution in [3.05, 3.63) is 0 Å². The maximum Gasteiger partial charge on any atom is 0.0478 e. The molecule has 2 unspecified atom stereocenters. The van der Waals surface area contributed by atoms with Crippen LogP contribution in [0.15, 0.2) is 0 Å². The molecule has 0 aromatic heterocycles. The largest absolute Gasteiger partial charge is 0.297 e. The van der Waals surface area contributed by atoms with Crippen LogP contribution in [0.5, 0.6) is 0 Å². The summed E-state index contributed by atoms with van der Waals surface area (Å²) in [6.45, 7) is 7.78. The average Bonchev–Trinajstić information content (AvgIpc) is 2.10. The van der Waals surface area contributed by atoms with E-state index in [1.165, 1.54) is 0 Å². The molecule has 1 nitrogen and oxygen atoms in total. The first kappa shape index (κ1) is 8.35. The predicted octanol–water partition coefficient (Wildman–Crippen LogP) is 2.10. The van der Waals surface area contributed by atoms with Gasteiger partial charge < -0.3 is 0 Å². The molecule has 2 atom stereocenters. The molecule has 10 heavy (non-hydrogen) atoms. The highest BCUT2D eigenvalue weighted by atomic mass is 35.5. The zero-order chi connectivity index (χ0) is 7.72. The highest BCUT2D eigenvalue weighted by Gasteiger charge is 2.28. The van der Waals surface area contributed by atoms with Crippen LogP contribution in [0, 0.1) is 0 Å². The molecule has 0 spiro atoms. The Morgan fingerprint density at radius 2 is 2.10 bits per heavy atom. The Labute approximate surface area is 68.4 Å². The Hall–Kier alpha value is 0.250. The van der Waals surface area contributed by atoms with Gasteiger partial charge in [0.05, 0.1) is 0 Å². The van der Waals surface area contributed by atoms with Gasteiger partial charge in [-0.3, -0.25) is 4.90 Å². The van der Waals surface area contributed by atoms with E-state index in [0.29, 0.717) is 17.5 Å². The molecule has 0 aromatic carbocycles. The molecule has 1 saturated heterocycles. The van der Waals surface area contributed by atoms with Crippen molar-refractivity contribution >= 4 is 11.6 Å². The van der Waals surface area contributed by atoms with Crippen LogP contribution in [-0.4, -0.2) is 28.9 Å². The summed E-state index contributed by atoms with van der Waals surface area (Å²) in [6.07, 6.45) is 1.15. The molecule has 1 rings (SSSR count). The lowest BCUT2D eigenvalue weighted by Gasteiger charge is -2.24. The molecule has 0 saturated carbocycles. The molecule has 1 aliphatic rings. The lowest BCUT2D eigenvalue weighted by Crippen LogP contribution is -2.33. The molecular weight excluding hydrogens is 146 g/mol. The van der Waals surface area contributed by atoms with Crippen molar-refractivity contribution in [2.75, 3.05) is 6.54 Å². The number of alkyl halides is 1. The third-order valence-electron chi connectivity index (χ3n) is 2.24. The zero-order valence-electron chi connectivity index (χ0n) is 6.97. The van der Waals surface area contributed by atoms with Gasteiger partial charge in [-0.1, -0.05) is 0 Å². The van der Waals surface area contributed by atoms with Crippen LogP contribution >= 0.6 is 11.6 Å². The van der Waals surface area contributed by atoms with E-state index >= 15 is 0 Å². The number of likely N-dealkylation sites (tertiary alicyclic amines) is 1. The Morgan fingerprint density at radius 3 is 2.30 bits per heavy atom. The molecule has 0 aromatic rings. The van der Waals surface area contributed by atoms with Crippen molar-refractivity contribution in [3.63, 3.8) is 0 Å². The number of halogens is 1. The normalized spacial score (nSPS) is 35.7. The van der Waals surface area contributed by atoms with Gasteiger partial charge in [-0.2, -0.15) is 0 Å². The van der Waals surface area contributed by atoms with Crippen molar-refractivity contribution in [1.29, 1.82) is 0 Å². The minimum absolute atomic E-state index is 0.386. The lowest BCUT2D eigenvalue weighted by atomic mass is 10.2. The van der Waals surface area contributed by atoms with E-state index in [9.17, 15) is 0 Å². The van der Waals surface area contributed by atoms with Gasteiger partial charge in [0, 0.05) is 24.0 Å². The molecule has 0 radical (unpaired) electrons. The van der Waals surface area contributed by atoms with Gasteiger partial charge in [0.2, 0.25) is 0 Å². The highest BCUT2D eigenvalue weighted by Crippen LogP contribution is 2.23. The van der Waals surface area contributed by atoms with Gasteiger partial charge >= 0.3 is 0 Å². The van der Waals surface area contributed by atoms with Crippen LogP contribution in [-0.2, 0) is 0 Å². The van der Waals surface area contributed by atoms with Crippen molar-refractivity contribution < 1.29 is 0 Å². The van der Waals surface area contributed by atoms with Crippen LogP contribution < -0.4 is 0 Å². The van der Waals surface area contributed by atoms with Crippen LogP contribution in [0.3, 0.4) is 0 Å². The SMILES string of the molecule is CC(C)N1CC(Cl)CC1C. The smallest absolute Gasteiger partial charge is 0.0478 e. The standard InChI is InChI=1S/C8H16ClN/c1-6(2)10-5-8(9)4-7(10)3/h6-8H,4-5H2,1-3H3. The fourth-order valence-electron chi connectivity index (χ4n) is 1.71. The minimum atomic E-state index is 0.386. The Bertz CT molecular complexity index is 114. The summed E-state index contributed by atoms with van der Waals surface area (Å²) < 4.78 is 0. The van der Waals surface area contributed by atoms with Crippen molar-refractivity contribution in [2.45, 2.75) is 44.7 Å². The van der Waals surface area contributed by atoms with E-state index in [1.807, 2.05) is 0 Å².